The molecule has 128 valence electrons. The van der Waals surface area contributed by atoms with Gasteiger partial charge in [-0.3, -0.25) is 4.79 Å². The Labute approximate surface area is 139 Å². The van der Waals surface area contributed by atoms with Gasteiger partial charge >= 0.3 is 5.97 Å². The average Bonchev–Trinajstić information content (AvgIpc) is 2.77. The van der Waals surface area contributed by atoms with Gasteiger partial charge in [0.05, 0.1) is 12.0 Å². The Morgan fingerprint density at radius 2 is 1.96 bits per heavy atom. The summed E-state index contributed by atoms with van der Waals surface area (Å²) < 4.78 is 0. The van der Waals surface area contributed by atoms with Gasteiger partial charge in [-0.15, -0.1) is 0 Å². The summed E-state index contributed by atoms with van der Waals surface area (Å²) in [6, 6.07) is 0. The minimum absolute atomic E-state index is 0.149. The standard InChI is InChI=1S/C20H30O3/c1-18-7-3-8-19(2,17(22)23)15(18)6-9-20-10-13(4-5-16(18)20)14(11-20)12-21/h11,13,15-16,21H,3-10,12H2,1-2H3,(H,22,23)/t13-,15+,16+,18-,19-,20+/m0/s1. The van der Waals surface area contributed by atoms with Crippen LogP contribution in [0.15, 0.2) is 11.6 Å². The zero-order valence-corrected chi connectivity index (χ0v) is 14.5. The highest BCUT2D eigenvalue weighted by Crippen LogP contribution is 2.70. The van der Waals surface area contributed by atoms with Crippen molar-refractivity contribution in [3.05, 3.63) is 11.6 Å². The van der Waals surface area contributed by atoms with Crippen LogP contribution in [0.1, 0.15) is 65.2 Å². The number of fused-ring (bicyclic) bond motifs is 3. The van der Waals surface area contributed by atoms with Gasteiger partial charge < -0.3 is 10.2 Å². The van der Waals surface area contributed by atoms with Crippen molar-refractivity contribution >= 4 is 5.97 Å². The SMILES string of the molecule is C[C@]12CCC[C@](C)(C(=O)O)[C@@H]1CC[C@@]13C=C(CO)[C@@H](CC[C@@H]12)C3. The molecule has 4 aliphatic carbocycles. The molecule has 1 spiro atoms. The summed E-state index contributed by atoms with van der Waals surface area (Å²) in [5.41, 5.74) is 1.12. The van der Waals surface area contributed by atoms with Crippen LogP contribution in [0.2, 0.25) is 0 Å². The normalized spacial score (nSPS) is 51.6. The van der Waals surface area contributed by atoms with Gasteiger partial charge in [0.1, 0.15) is 0 Å². The summed E-state index contributed by atoms with van der Waals surface area (Å²) >= 11 is 0. The van der Waals surface area contributed by atoms with E-state index in [1.54, 1.807) is 0 Å². The van der Waals surface area contributed by atoms with Crippen LogP contribution in [-0.4, -0.2) is 22.8 Å². The molecule has 0 amide bonds. The number of aliphatic hydroxyl groups excluding tert-OH is 1. The van der Waals surface area contributed by atoms with E-state index < -0.39 is 11.4 Å². The van der Waals surface area contributed by atoms with Crippen molar-refractivity contribution < 1.29 is 15.0 Å². The van der Waals surface area contributed by atoms with Crippen LogP contribution in [0.5, 0.6) is 0 Å². The summed E-state index contributed by atoms with van der Waals surface area (Å²) in [6.07, 6.45) is 11.3. The second-order valence-corrected chi connectivity index (χ2v) is 9.31. The van der Waals surface area contributed by atoms with E-state index in [2.05, 4.69) is 13.0 Å². The number of hydrogen-bond acceptors (Lipinski definition) is 2. The van der Waals surface area contributed by atoms with Crippen molar-refractivity contribution in [1.29, 1.82) is 0 Å². The van der Waals surface area contributed by atoms with E-state index in [0.29, 0.717) is 17.8 Å². The molecular formula is C20H30O3. The summed E-state index contributed by atoms with van der Waals surface area (Å²) in [5, 5.41) is 19.6. The number of rotatable bonds is 2. The molecule has 3 heteroatoms. The van der Waals surface area contributed by atoms with E-state index in [1.165, 1.54) is 31.3 Å². The first-order chi connectivity index (χ1) is 10.9. The molecule has 3 fully saturated rings. The maximum Gasteiger partial charge on any atom is 0.309 e. The van der Waals surface area contributed by atoms with Crippen molar-refractivity contribution in [2.45, 2.75) is 65.2 Å². The molecule has 3 saturated carbocycles. The molecular weight excluding hydrogens is 288 g/mol. The summed E-state index contributed by atoms with van der Waals surface area (Å²) in [4.78, 5) is 12.0. The van der Waals surface area contributed by atoms with Crippen molar-refractivity contribution in [2.75, 3.05) is 6.61 Å². The Hall–Kier alpha value is -0.830. The van der Waals surface area contributed by atoms with Crippen molar-refractivity contribution in [3.8, 4) is 0 Å². The molecule has 0 unspecified atom stereocenters. The minimum atomic E-state index is -0.587. The molecule has 0 aliphatic heterocycles. The summed E-state index contributed by atoms with van der Waals surface area (Å²) in [6.45, 7) is 4.62. The molecule has 0 aromatic carbocycles. The topological polar surface area (TPSA) is 57.5 Å². The average molecular weight is 318 g/mol. The number of hydrogen-bond donors (Lipinski definition) is 2. The Bertz CT molecular complexity index is 567. The largest absolute Gasteiger partial charge is 0.481 e. The number of allylic oxidation sites excluding steroid dienone is 1. The zero-order valence-electron chi connectivity index (χ0n) is 14.5. The molecule has 0 heterocycles. The molecule has 2 bridgehead atoms. The van der Waals surface area contributed by atoms with Gasteiger partial charge in [0.25, 0.3) is 0 Å². The second-order valence-electron chi connectivity index (χ2n) is 9.31. The van der Waals surface area contributed by atoms with Gasteiger partial charge in [-0.2, -0.15) is 0 Å². The van der Waals surface area contributed by atoms with Crippen LogP contribution < -0.4 is 0 Å². The van der Waals surface area contributed by atoms with E-state index in [1.807, 2.05) is 6.92 Å². The lowest BCUT2D eigenvalue weighted by atomic mass is 9.41. The lowest BCUT2D eigenvalue weighted by Crippen LogP contribution is -2.58. The fraction of sp³-hybridized carbons (Fsp3) is 0.850. The maximum absolute atomic E-state index is 12.0. The first-order valence-corrected chi connectivity index (χ1v) is 9.42. The fourth-order valence-electron chi connectivity index (χ4n) is 7.48. The fourth-order valence-corrected chi connectivity index (χ4v) is 7.48. The Morgan fingerprint density at radius 3 is 2.65 bits per heavy atom. The third-order valence-corrected chi connectivity index (χ3v) is 8.46. The molecule has 6 atom stereocenters. The molecule has 0 saturated heterocycles. The first kappa shape index (κ1) is 15.7. The third-order valence-electron chi connectivity index (χ3n) is 8.46. The predicted molar refractivity (Wildman–Crippen MR) is 88.9 cm³/mol. The van der Waals surface area contributed by atoms with E-state index in [9.17, 15) is 15.0 Å². The van der Waals surface area contributed by atoms with Crippen molar-refractivity contribution in [1.82, 2.24) is 0 Å². The Morgan fingerprint density at radius 1 is 1.17 bits per heavy atom. The van der Waals surface area contributed by atoms with Gasteiger partial charge in [-0.1, -0.05) is 19.4 Å². The quantitative estimate of drug-likeness (QED) is 0.756. The number of aliphatic hydroxyl groups is 1. The van der Waals surface area contributed by atoms with Crippen molar-refractivity contribution in [3.63, 3.8) is 0 Å². The first-order valence-electron chi connectivity index (χ1n) is 9.42. The smallest absolute Gasteiger partial charge is 0.309 e. The van der Waals surface area contributed by atoms with Crippen molar-refractivity contribution in [2.24, 2.45) is 34.0 Å². The monoisotopic (exact) mass is 318 g/mol. The van der Waals surface area contributed by atoms with Gasteiger partial charge in [0, 0.05) is 0 Å². The number of aliphatic carboxylic acids is 1. The highest BCUT2D eigenvalue weighted by Gasteiger charge is 2.64. The molecule has 4 rings (SSSR count). The second kappa shape index (κ2) is 4.84. The molecule has 3 nitrogen and oxygen atoms in total. The van der Waals surface area contributed by atoms with E-state index >= 15 is 0 Å². The molecule has 4 aliphatic rings. The number of carbonyl (C=O) groups is 1. The number of carboxylic acid groups (broad SMARTS) is 1. The maximum atomic E-state index is 12.0. The minimum Gasteiger partial charge on any atom is -0.481 e. The lowest BCUT2D eigenvalue weighted by molar-refractivity contribution is -0.177. The van der Waals surface area contributed by atoms with Crippen LogP contribution in [-0.2, 0) is 4.79 Å². The highest BCUT2D eigenvalue weighted by molar-refractivity contribution is 5.75. The van der Waals surface area contributed by atoms with E-state index in [-0.39, 0.29) is 17.4 Å². The van der Waals surface area contributed by atoms with Gasteiger partial charge in [0.15, 0.2) is 0 Å². The van der Waals surface area contributed by atoms with Gasteiger partial charge in [-0.25, -0.2) is 0 Å². The molecule has 2 N–H and O–H groups in total. The molecule has 0 aromatic rings. The van der Waals surface area contributed by atoms with Crippen LogP contribution in [0.25, 0.3) is 0 Å². The molecule has 0 radical (unpaired) electrons. The lowest BCUT2D eigenvalue weighted by Gasteiger charge is -2.63. The number of carboxylic acids is 1. The van der Waals surface area contributed by atoms with Crippen LogP contribution in [0, 0.1) is 34.0 Å². The van der Waals surface area contributed by atoms with Gasteiger partial charge in [-0.05, 0) is 86.0 Å². The van der Waals surface area contributed by atoms with E-state index in [0.717, 1.165) is 25.7 Å². The summed E-state index contributed by atoms with van der Waals surface area (Å²) in [5.74, 6) is 0.912. The van der Waals surface area contributed by atoms with E-state index in [4.69, 9.17) is 0 Å². The highest BCUT2D eigenvalue weighted by atomic mass is 16.4. The van der Waals surface area contributed by atoms with Crippen LogP contribution in [0.3, 0.4) is 0 Å². The molecule has 23 heavy (non-hydrogen) atoms. The van der Waals surface area contributed by atoms with Crippen LogP contribution in [0.4, 0.5) is 0 Å². The Balaban J connectivity index is 1.75. The zero-order chi connectivity index (χ0) is 16.5. The summed E-state index contributed by atoms with van der Waals surface area (Å²) in [7, 11) is 0. The Kier molecular flexibility index (Phi) is 3.30. The van der Waals surface area contributed by atoms with Gasteiger partial charge in [0.2, 0.25) is 0 Å². The third kappa shape index (κ3) is 1.89. The predicted octanol–water partition coefficient (Wildman–Crippen LogP) is 4.01. The molecule has 0 aromatic heterocycles. The van der Waals surface area contributed by atoms with Crippen LogP contribution >= 0.6 is 0 Å².